The van der Waals surface area contributed by atoms with Gasteiger partial charge in [0.1, 0.15) is 6.04 Å². The number of carbonyl (C=O) groups excluding carboxylic acids is 1. The van der Waals surface area contributed by atoms with Crippen LogP contribution in [0.5, 0.6) is 0 Å². The molecule has 0 rings (SSSR count). The van der Waals surface area contributed by atoms with Crippen molar-refractivity contribution >= 4 is 24.5 Å². The molecule has 0 aromatic rings. The summed E-state index contributed by atoms with van der Waals surface area (Å²) in [6, 6.07) is -0.909. The van der Waals surface area contributed by atoms with Gasteiger partial charge in [0, 0.05) is 18.7 Å². The van der Waals surface area contributed by atoms with Crippen LogP contribution in [-0.4, -0.2) is 39.7 Å². The Kier molecular flexibility index (Phi) is 3.78. The number of hydrogen-bond acceptors (Lipinski definition) is 3. The lowest BCUT2D eigenvalue weighted by molar-refractivity contribution is -0.149. The smallest absolute Gasteiger partial charge is 0.327 e. The largest absolute Gasteiger partial charge is 0.480 e. The molecule has 0 spiro atoms. The first-order valence-electron chi connectivity index (χ1n) is 3.86. The molecule has 0 heterocycles. The highest BCUT2D eigenvalue weighted by atomic mass is 32.1. The van der Waals surface area contributed by atoms with Crippen molar-refractivity contribution in [1.29, 1.82) is 0 Å². The van der Waals surface area contributed by atoms with Gasteiger partial charge in [-0.1, -0.05) is 0 Å². The van der Waals surface area contributed by atoms with Crippen molar-refractivity contribution in [3.63, 3.8) is 0 Å². The fourth-order valence-electron chi connectivity index (χ4n) is 1.12. The van der Waals surface area contributed by atoms with Crippen LogP contribution in [0.4, 0.5) is 0 Å². The number of likely N-dealkylation sites (N-methyl/N-ethyl adjacent to an activating group) is 1. The normalized spacial score (nSPS) is 13.6. The van der Waals surface area contributed by atoms with Crippen molar-refractivity contribution < 1.29 is 14.7 Å². The second-order valence-electron chi connectivity index (χ2n) is 3.52. The van der Waals surface area contributed by atoms with Gasteiger partial charge in [-0.05, 0) is 13.8 Å². The Labute approximate surface area is 83.3 Å². The molecule has 0 bridgehead atoms. The van der Waals surface area contributed by atoms with Gasteiger partial charge in [-0.3, -0.25) is 4.79 Å². The number of amides is 1. The summed E-state index contributed by atoms with van der Waals surface area (Å²) in [6.45, 7) is 4.65. The molecule has 0 radical (unpaired) electrons. The Morgan fingerprint density at radius 3 is 1.92 bits per heavy atom. The predicted molar refractivity (Wildman–Crippen MR) is 52.9 cm³/mol. The van der Waals surface area contributed by atoms with Crippen molar-refractivity contribution in [2.45, 2.75) is 31.6 Å². The third kappa shape index (κ3) is 3.26. The quantitative estimate of drug-likeness (QED) is 0.664. The molecule has 76 valence electrons. The van der Waals surface area contributed by atoms with Crippen LogP contribution in [0.25, 0.3) is 0 Å². The molecule has 0 aliphatic rings. The average Bonchev–Trinajstić information content (AvgIpc) is 1.82. The maximum Gasteiger partial charge on any atom is 0.327 e. The van der Waals surface area contributed by atoms with Crippen LogP contribution in [0.1, 0.15) is 20.8 Å². The van der Waals surface area contributed by atoms with Crippen molar-refractivity contribution in [3.8, 4) is 0 Å². The number of carboxylic acid groups (broad SMARTS) is 1. The Morgan fingerprint density at radius 2 is 1.85 bits per heavy atom. The SMILES string of the molecule is CC(=O)N(C)C(C(=O)O)C(C)(C)S. The lowest BCUT2D eigenvalue weighted by Crippen LogP contribution is -2.51. The average molecular weight is 205 g/mol. The van der Waals surface area contributed by atoms with Crippen LogP contribution in [0.15, 0.2) is 0 Å². The van der Waals surface area contributed by atoms with Gasteiger partial charge < -0.3 is 10.0 Å². The molecule has 0 aliphatic heterocycles. The van der Waals surface area contributed by atoms with Gasteiger partial charge in [-0.25, -0.2) is 4.79 Å². The summed E-state index contributed by atoms with van der Waals surface area (Å²) in [5.74, 6) is -1.33. The summed E-state index contributed by atoms with van der Waals surface area (Å²) in [7, 11) is 1.46. The Bertz CT molecular complexity index is 222. The van der Waals surface area contributed by atoms with E-state index in [0.29, 0.717) is 0 Å². The number of aliphatic carboxylic acids is 1. The first-order valence-corrected chi connectivity index (χ1v) is 4.31. The van der Waals surface area contributed by atoms with E-state index in [1.165, 1.54) is 18.9 Å². The van der Waals surface area contributed by atoms with Crippen molar-refractivity contribution in [2.75, 3.05) is 7.05 Å². The van der Waals surface area contributed by atoms with Crippen LogP contribution in [0, 0.1) is 0 Å². The lowest BCUT2D eigenvalue weighted by atomic mass is 10.0. The topological polar surface area (TPSA) is 57.6 Å². The van der Waals surface area contributed by atoms with E-state index >= 15 is 0 Å². The van der Waals surface area contributed by atoms with E-state index in [-0.39, 0.29) is 5.91 Å². The molecule has 1 unspecified atom stereocenters. The molecule has 0 saturated carbocycles. The second kappa shape index (κ2) is 4.00. The van der Waals surface area contributed by atoms with Crippen LogP contribution >= 0.6 is 12.6 Å². The number of hydrogen-bond donors (Lipinski definition) is 2. The summed E-state index contributed by atoms with van der Waals surface area (Å²) in [5, 5.41) is 8.89. The minimum absolute atomic E-state index is 0.283. The summed E-state index contributed by atoms with van der Waals surface area (Å²) in [6.07, 6.45) is 0. The van der Waals surface area contributed by atoms with Gasteiger partial charge >= 0.3 is 5.97 Å². The predicted octanol–water partition coefficient (Wildman–Crippen LogP) is 0.626. The molecule has 0 saturated heterocycles. The van der Waals surface area contributed by atoms with Gasteiger partial charge in [0.15, 0.2) is 0 Å². The first kappa shape index (κ1) is 12.3. The molecule has 1 atom stereocenters. The van der Waals surface area contributed by atoms with E-state index in [9.17, 15) is 9.59 Å². The fourth-order valence-corrected chi connectivity index (χ4v) is 1.41. The zero-order valence-corrected chi connectivity index (χ0v) is 9.13. The highest BCUT2D eigenvalue weighted by Crippen LogP contribution is 2.22. The first-order chi connectivity index (χ1) is 5.68. The molecular formula is C8H15NO3S. The molecule has 1 amide bonds. The van der Waals surface area contributed by atoms with Crippen molar-refractivity contribution in [3.05, 3.63) is 0 Å². The molecule has 1 N–H and O–H groups in total. The summed E-state index contributed by atoms with van der Waals surface area (Å²) in [4.78, 5) is 23.0. The minimum Gasteiger partial charge on any atom is -0.480 e. The lowest BCUT2D eigenvalue weighted by Gasteiger charge is -2.33. The molecule has 0 aromatic carbocycles. The monoisotopic (exact) mass is 205 g/mol. The number of nitrogens with zero attached hydrogens (tertiary/aromatic N) is 1. The van der Waals surface area contributed by atoms with E-state index in [1.807, 2.05) is 0 Å². The summed E-state index contributed by atoms with van der Waals surface area (Å²) in [5.41, 5.74) is 0. The Morgan fingerprint density at radius 1 is 1.46 bits per heavy atom. The minimum atomic E-state index is -1.04. The van der Waals surface area contributed by atoms with E-state index in [1.54, 1.807) is 13.8 Å². The molecule has 13 heavy (non-hydrogen) atoms. The highest BCUT2D eigenvalue weighted by molar-refractivity contribution is 7.81. The molecular weight excluding hydrogens is 190 g/mol. The number of rotatable bonds is 3. The van der Waals surface area contributed by atoms with E-state index < -0.39 is 16.8 Å². The zero-order valence-electron chi connectivity index (χ0n) is 8.24. The van der Waals surface area contributed by atoms with E-state index in [4.69, 9.17) is 5.11 Å². The molecule has 0 aromatic heterocycles. The maximum absolute atomic E-state index is 11.0. The Hall–Kier alpha value is -0.710. The second-order valence-corrected chi connectivity index (χ2v) is 4.68. The molecule has 0 fully saturated rings. The van der Waals surface area contributed by atoms with Gasteiger partial charge in [-0.2, -0.15) is 12.6 Å². The van der Waals surface area contributed by atoms with Crippen LogP contribution in [0.3, 0.4) is 0 Å². The van der Waals surface area contributed by atoms with Gasteiger partial charge in [-0.15, -0.1) is 0 Å². The molecule has 4 nitrogen and oxygen atoms in total. The molecule has 0 aliphatic carbocycles. The number of carbonyl (C=O) groups is 2. The van der Waals surface area contributed by atoms with Gasteiger partial charge in [0.05, 0.1) is 0 Å². The van der Waals surface area contributed by atoms with Crippen molar-refractivity contribution in [2.24, 2.45) is 0 Å². The summed E-state index contributed by atoms with van der Waals surface area (Å²) < 4.78 is -0.758. The number of thiol groups is 1. The molecule has 5 heteroatoms. The third-order valence-corrected chi connectivity index (χ3v) is 2.03. The van der Waals surface area contributed by atoms with Crippen LogP contribution < -0.4 is 0 Å². The van der Waals surface area contributed by atoms with Crippen LogP contribution in [0.2, 0.25) is 0 Å². The maximum atomic E-state index is 11.0. The number of carboxylic acids is 1. The Balaban J connectivity index is 4.83. The zero-order chi connectivity index (χ0) is 10.8. The third-order valence-electron chi connectivity index (χ3n) is 1.79. The van der Waals surface area contributed by atoms with Gasteiger partial charge in [0.2, 0.25) is 5.91 Å². The standard InChI is InChI=1S/C8H15NO3S/c1-5(10)9(4)6(7(11)12)8(2,3)13/h6,13H,1-4H3,(H,11,12). The van der Waals surface area contributed by atoms with Crippen LogP contribution in [-0.2, 0) is 9.59 Å². The summed E-state index contributed by atoms with van der Waals surface area (Å²) >= 11 is 4.15. The van der Waals surface area contributed by atoms with Crippen molar-refractivity contribution in [1.82, 2.24) is 4.90 Å². The fraction of sp³-hybridized carbons (Fsp3) is 0.750. The van der Waals surface area contributed by atoms with E-state index in [2.05, 4.69) is 12.6 Å². The van der Waals surface area contributed by atoms with E-state index in [0.717, 1.165) is 0 Å². The highest BCUT2D eigenvalue weighted by Gasteiger charge is 2.36. The van der Waals surface area contributed by atoms with Gasteiger partial charge in [0.25, 0.3) is 0 Å².